The molecule has 2 nitrogen and oxygen atoms in total. The van der Waals surface area contributed by atoms with E-state index in [-0.39, 0.29) is 0 Å². The van der Waals surface area contributed by atoms with E-state index in [0.717, 1.165) is 23.8 Å². The molecule has 1 saturated heterocycles. The molecule has 0 aromatic rings. The Labute approximate surface area is 120 Å². The minimum Gasteiger partial charge on any atom is -0.314 e. The van der Waals surface area contributed by atoms with Gasteiger partial charge in [0.2, 0.25) is 0 Å². The van der Waals surface area contributed by atoms with Crippen LogP contribution in [0.3, 0.4) is 0 Å². The van der Waals surface area contributed by atoms with Crippen molar-refractivity contribution in [2.24, 2.45) is 17.8 Å². The lowest BCUT2D eigenvalue weighted by Gasteiger charge is -2.36. The van der Waals surface area contributed by atoms with Gasteiger partial charge in [0.1, 0.15) is 0 Å². The Bertz CT molecular complexity index is 244. The lowest BCUT2D eigenvalue weighted by Crippen LogP contribution is -2.42. The van der Waals surface area contributed by atoms with E-state index < -0.39 is 0 Å². The number of piperidine rings is 1. The van der Waals surface area contributed by atoms with Crippen molar-refractivity contribution >= 4 is 0 Å². The minimum atomic E-state index is 0.806. The second kappa shape index (κ2) is 7.64. The average Bonchev–Trinajstić information content (AvgIpc) is 2.41. The molecule has 0 amide bonds. The first kappa shape index (κ1) is 15.3. The summed E-state index contributed by atoms with van der Waals surface area (Å²) in [6.07, 6.45) is 9.98. The third kappa shape index (κ3) is 4.75. The van der Waals surface area contributed by atoms with E-state index in [0.29, 0.717) is 0 Å². The van der Waals surface area contributed by atoms with Crippen molar-refractivity contribution in [1.29, 1.82) is 0 Å². The number of hydrogen-bond acceptors (Lipinski definition) is 2. The SMILES string of the molecule is CC(C)C1CCCCC1NCCC1CCN(C)CC1. The van der Waals surface area contributed by atoms with E-state index >= 15 is 0 Å². The van der Waals surface area contributed by atoms with Crippen molar-refractivity contribution < 1.29 is 0 Å². The van der Waals surface area contributed by atoms with Crippen molar-refractivity contribution in [3.05, 3.63) is 0 Å². The van der Waals surface area contributed by atoms with Crippen LogP contribution in [0.15, 0.2) is 0 Å². The first-order valence-electron chi connectivity index (χ1n) is 8.58. The molecule has 2 aliphatic rings. The van der Waals surface area contributed by atoms with Gasteiger partial charge in [0.25, 0.3) is 0 Å². The molecule has 1 aliphatic carbocycles. The zero-order valence-electron chi connectivity index (χ0n) is 13.3. The van der Waals surface area contributed by atoms with Gasteiger partial charge in [0.15, 0.2) is 0 Å². The monoisotopic (exact) mass is 266 g/mol. The van der Waals surface area contributed by atoms with E-state index in [1.165, 1.54) is 64.6 Å². The van der Waals surface area contributed by atoms with Crippen molar-refractivity contribution in [2.75, 3.05) is 26.7 Å². The second-order valence-electron chi connectivity index (χ2n) is 7.29. The Morgan fingerprint density at radius 3 is 2.42 bits per heavy atom. The lowest BCUT2D eigenvalue weighted by molar-refractivity contribution is 0.188. The Kier molecular flexibility index (Phi) is 6.15. The maximum atomic E-state index is 3.90. The number of hydrogen-bond donors (Lipinski definition) is 1. The van der Waals surface area contributed by atoms with Gasteiger partial charge in [-0.15, -0.1) is 0 Å². The third-order valence-electron chi connectivity index (χ3n) is 5.47. The first-order valence-corrected chi connectivity index (χ1v) is 8.58. The molecule has 1 heterocycles. The number of likely N-dealkylation sites (tertiary alicyclic amines) is 1. The number of rotatable bonds is 5. The maximum Gasteiger partial charge on any atom is 0.00977 e. The van der Waals surface area contributed by atoms with Gasteiger partial charge < -0.3 is 10.2 Å². The molecule has 0 bridgehead atoms. The van der Waals surface area contributed by atoms with E-state index in [1.807, 2.05) is 0 Å². The molecule has 2 heteroatoms. The van der Waals surface area contributed by atoms with Crippen LogP contribution in [0.5, 0.6) is 0 Å². The Balaban J connectivity index is 1.66. The molecule has 0 aromatic heterocycles. The summed E-state index contributed by atoms with van der Waals surface area (Å²) in [5, 5.41) is 3.90. The molecule has 112 valence electrons. The van der Waals surface area contributed by atoms with Crippen molar-refractivity contribution in [2.45, 2.75) is 64.8 Å². The molecule has 2 rings (SSSR count). The molecule has 2 fully saturated rings. The number of nitrogens with one attached hydrogen (secondary N) is 1. The molecule has 2 unspecified atom stereocenters. The largest absolute Gasteiger partial charge is 0.314 e. The summed E-state index contributed by atoms with van der Waals surface area (Å²) in [5.74, 6) is 2.75. The highest BCUT2D eigenvalue weighted by atomic mass is 15.1. The smallest absolute Gasteiger partial charge is 0.00977 e. The summed E-state index contributed by atoms with van der Waals surface area (Å²) >= 11 is 0. The fraction of sp³-hybridized carbons (Fsp3) is 1.00. The van der Waals surface area contributed by atoms with Crippen LogP contribution in [0, 0.1) is 17.8 Å². The van der Waals surface area contributed by atoms with E-state index in [9.17, 15) is 0 Å². The highest BCUT2D eigenvalue weighted by molar-refractivity contribution is 4.83. The maximum absolute atomic E-state index is 3.90. The van der Waals surface area contributed by atoms with Crippen LogP contribution in [-0.4, -0.2) is 37.6 Å². The van der Waals surface area contributed by atoms with Crippen LogP contribution in [0.2, 0.25) is 0 Å². The normalized spacial score (nSPS) is 30.9. The van der Waals surface area contributed by atoms with Crippen LogP contribution in [0.4, 0.5) is 0 Å². The standard InChI is InChI=1S/C17H34N2/c1-14(2)16-6-4-5-7-17(16)18-11-8-15-9-12-19(3)13-10-15/h14-18H,4-13H2,1-3H3. The lowest BCUT2D eigenvalue weighted by atomic mass is 9.77. The number of nitrogens with zero attached hydrogens (tertiary/aromatic N) is 1. The van der Waals surface area contributed by atoms with Gasteiger partial charge in [-0.1, -0.05) is 26.7 Å². The highest BCUT2D eigenvalue weighted by Gasteiger charge is 2.27. The van der Waals surface area contributed by atoms with Crippen LogP contribution in [0.25, 0.3) is 0 Å². The van der Waals surface area contributed by atoms with Gasteiger partial charge in [-0.25, -0.2) is 0 Å². The first-order chi connectivity index (χ1) is 9.16. The summed E-state index contributed by atoms with van der Waals surface area (Å²) < 4.78 is 0. The van der Waals surface area contributed by atoms with Gasteiger partial charge in [-0.05, 0) is 76.5 Å². The van der Waals surface area contributed by atoms with Gasteiger partial charge in [-0.2, -0.15) is 0 Å². The summed E-state index contributed by atoms with van der Waals surface area (Å²) in [4.78, 5) is 2.47. The molecule has 19 heavy (non-hydrogen) atoms. The third-order valence-corrected chi connectivity index (χ3v) is 5.47. The Morgan fingerprint density at radius 1 is 1.05 bits per heavy atom. The van der Waals surface area contributed by atoms with Crippen LogP contribution >= 0.6 is 0 Å². The van der Waals surface area contributed by atoms with E-state index in [2.05, 4.69) is 31.1 Å². The van der Waals surface area contributed by atoms with Crippen LogP contribution in [0.1, 0.15) is 58.8 Å². The summed E-state index contributed by atoms with van der Waals surface area (Å²) in [5.41, 5.74) is 0. The molecule has 0 radical (unpaired) electrons. The Hall–Kier alpha value is -0.0800. The summed E-state index contributed by atoms with van der Waals surface area (Å²) in [6.45, 7) is 8.68. The molecule has 0 spiro atoms. The zero-order chi connectivity index (χ0) is 13.7. The summed E-state index contributed by atoms with van der Waals surface area (Å²) in [7, 11) is 2.25. The predicted octanol–water partition coefficient (Wildman–Crippen LogP) is 3.52. The zero-order valence-corrected chi connectivity index (χ0v) is 13.3. The molecule has 1 aliphatic heterocycles. The van der Waals surface area contributed by atoms with Crippen molar-refractivity contribution in [3.8, 4) is 0 Å². The topological polar surface area (TPSA) is 15.3 Å². The quantitative estimate of drug-likeness (QED) is 0.819. The molecule has 1 N–H and O–H groups in total. The van der Waals surface area contributed by atoms with Crippen LogP contribution in [-0.2, 0) is 0 Å². The van der Waals surface area contributed by atoms with Gasteiger partial charge in [0.05, 0.1) is 0 Å². The fourth-order valence-corrected chi connectivity index (χ4v) is 4.03. The molecular formula is C17H34N2. The van der Waals surface area contributed by atoms with Gasteiger partial charge in [0, 0.05) is 6.04 Å². The van der Waals surface area contributed by atoms with E-state index in [1.54, 1.807) is 0 Å². The second-order valence-corrected chi connectivity index (χ2v) is 7.29. The molecule has 1 saturated carbocycles. The minimum absolute atomic E-state index is 0.806. The summed E-state index contributed by atoms with van der Waals surface area (Å²) in [6, 6.07) is 0.806. The highest BCUT2D eigenvalue weighted by Crippen LogP contribution is 2.30. The Morgan fingerprint density at radius 2 is 1.74 bits per heavy atom. The van der Waals surface area contributed by atoms with Gasteiger partial charge >= 0.3 is 0 Å². The van der Waals surface area contributed by atoms with Crippen LogP contribution < -0.4 is 5.32 Å². The fourth-order valence-electron chi connectivity index (χ4n) is 4.03. The molecule has 0 aromatic carbocycles. The predicted molar refractivity (Wildman–Crippen MR) is 83.4 cm³/mol. The average molecular weight is 266 g/mol. The molecule has 2 atom stereocenters. The van der Waals surface area contributed by atoms with E-state index in [4.69, 9.17) is 0 Å². The molecular weight excluding hydrogens is 232 g/mol. The van der Waals surface area contributed by atoms with Crippen molar-refractivity contribution in [1.82, 2.24) is 10.2 Å². The van der Waals surface area contributed by atoms with Gasteiger partial charge in [-0.3, -0.25) is 0 Å². The van der Waals surface area contributed by atoms with Crippen molar-refractivity contribution in [3.63, 3.8) is 0 Å².